The normalized spacial score (nSPS) is 13.6. The van der Waals surface area contributed by atoms with Crippen LogP contribution in [0.3, 0.4) is 0 Å². The molecule has 7 nitrogen and oxygen atoms in total. The van der Waals surface area contributed by atoms with Crippen molar-refractivity contribution in [2.75, 3.05) is 24.4 Å². The highest BCUT2D eigenvalue weighted by molar-refractivity contribution is 7.99. The molecule has 1 aliphatic rings. The van der Waals surface area contributed by atoms with Gasteiger partial charge < -0.3 is 9.47 Å². The second kappa shape index (κ2) is 6.27. The minimum atomic E-state index is -0.0418. The number of ether oxygens (including phenoxy) is 2. The van der Waals surface area contributed by atoms with Crippen molar-refractivity contribution in [2.45, 2.75) is 18.7 Å². The van der Waals surface area contributed by atoms with E-state index in [9.17, 15) is 4.79 Å². The van der Waals surface area contributed by atoms with Crippen molar-refractivity contribution < 1.29 is 14.3 Å². The molecule has 0 radical (unpaired) electrons. The molecule has 1 aromatic heterocycles. The Bertz CT molecular complexity index is 688. The van der Waals surface area contributed by atoms with Crippen LogP contribution in [0.1, 0.15) is 12.7 Å². The Morgan fingerprint density at radius 1 is 1.32 bits per heavy atom. The lowest BCUT2D eigenvalue weighted by Crippen LogP contribution is -2.44. The molecule has 0 aliphatic carbocycles. The van der Waals surface area contributed by atoms with Gasteiger partial charge in [-0.2, -0.15) is 0 Å². The zero-order valence-corrected chi connectivity index (χ0v) is 13.2. The summed E-state index contributed by atoms with van der Waals surface area (Å²) in [5, 5.41) is 10.6. The van der Waals surface area contributed by atoms with E-state index in [1.54, 1.807) is 28.6 Å². The van der Waals surface area contributed by atoms with E-state index in [4.69, 9.17) is 9.47 Å². The highest BCUT2D eigenvalue weighted by atomic mass is 32.2. The quantitative estimate of drug-likeness (QED) is 0.849. The SMILES string of the molecule is COc1ccccc1OCc1nnc2n1N(C(C)=O)CCS2. The molecular weight excluding hydrogens is 304 g/mol. The van der Waals surface area contributed by atoms with E-state index in [1.165, 1.54) is 6.92 Å². The Balaban J connectivity index is 1.82. The van der Waals surface area contributed by atoms with Crippen LogP contribution in [-0.4, -0.2) is 40.2 Å². The van der Waals surface area contributed by atoms with Crippen molar-refractivity contribution >= 4 is 17.7 Å². The molecule has 8 heteroatoms. The predicted octanol–water partition coefficient (Wildman–Crippen LogP) is 1.46. The predicted molar refractivity (Wildman–Crippen MR) is 81.8 cm³/mol. The molecule has 0 atom stereocenters. The summed E-state index contributed by atoms with van der Waals surface area (Å²) in [7, 11) is 1.59. The van der Waals surface area contributed by atoms with Gasteiger partial charge in [-0.05, 0) is 12.1 Å². The van der Waals surface area contributed by atoms with Gasteiger partial charge in [0, 0.05) is 12.7 Å². The first-order valence-electron chi connectivity index (χ1n) is 6.82. The van der Waals surface area contributed by atoms with Crippen molar-refractivity contribution in [1.29, 1.82) is 0 Å². The number of aromatic nitrogens is 3. The third-order valence-electron chi connectivity index (χ3n) is 3.24. The Morgan fingerprint density at radius 3 is 2.82 bits per heavy atom. The molecule has 0 spiro atoms. The van der Waals surface area contributed by atoms with Gasteiger partial charge in [0.1, 0.15) is 6.61 Å². The maximum Gasteiger partial charge on any atom is 0.238 e. The summed E-state index contributed by atoms with van der Waals surface area (Å²) in [6.45, 7) is 2.37. The van der Waals surface area contributed by atoms with E-state index in [-0.39, 0.29) is 12.5 Å². The van der Waals surface area contributed by atoms with E-state index in [0.717, 1.165) is 5.75 Å². The van der Waals surface area contributed by atoms with Crippen LogP contribution in [0.5, 0.6) is 11.5 Å². The first-order chi connectivity index (χ1) is 10.7. The van der Waals surface area contributed by atoms with Crippen molar-refractivity contribution in [3.63, 3.8) is 0 Å². The maximum atomic E-state index is 11.8. The molecule has 1 amide bonds. The molecule has 0 unspecified atom stereocenters. The topological polar surface area (TPSA) is 69.5 Å². The van der Waals surface area contributed by atoms with Crippen LogP contribution in [0.2, 0.25) is 0 Å². The second-order valence-electron chi connectivity index (χ2n) is 4.64. The van der Waals surface area contributed by atoms with Crippen LogP contribution in [0.25, 0.3) is 0 Å². The second-order valence-corrected chi connectivity index (χ2v) is 5.70. The first-order valence-corrected chi connectivity index (χ1v) is 7.80. The number of carbonyl (C=O) groups is 1. The summed E-state index contributed by atoms with van der Waals surface area (Å²) >= 11 is 1.58. The molecule has 0 saturated carbocycles. The molecule has 116 valence electrons. The first kappa shape index (κ1) is 14.7. The third kappa shape index (κ3) is 2.74. The fraction of sp³-hybridized carbons (Fsp3) is 0.357. The molecule has 0 N–H and O–H groups in total. The number of rotatable bonds is 4. The lowest BCUT2D eigenvalue weighted by molar-refractivity contribution is -0.118. The smallest absolute Gasteiger partial charge is 0.238 e. The number of amides is 1. The standard InChI is InChI=1S/C14H16N4O3S/c1-10(19)17-7-8-22-14-16-15-13(18(14)17)9-21-12-6-4-3-5-11(12)20-2/h3-6H,7-9H2,1-2H3. The summed E-state index contributed by atoms with van der Waals surface area (Å²) in [4.78, 5) is 11.8. The molecule has 0 saturated heterocycles. The van der Waals surface area contributed by atoms with Crippen LogP contribution in [-0.2, 0) is 11.4 Å². The lowest BCUT2D eigenvalue weighted by Gasteiger charge is -2.27. The van der Waals surface area contributed by atoms with Crippen molar-refractivity contribution in [2.24, 2.45) is 0 Å². The molecule has 0 bridgehead atoms. The molecule has 1 aliphatic heterocycles. The van der Waals surface area contributed by atoms with Crippen LogP contribution in [0.4, 0.5) is 0 Å². The lowest BCUT2D eigenvalue weighted by atomic mass is 10.3. The molecule has 2 aromatic rings. The van der Waals surface area contributed by atoms with E-state index in [0.29, 0.717) is 29.0 Å². The fourth-order valence-electron chi connectivity index (χ4n) is 2.22. The summed E-state index contributed by atoms with van der Waals surface area (Å²) in [5.41, 5.74) is 0. The highest BCUT2D eigenvalue weighted by Gasteiger charge is 2.25. The van der Waals surface area contributed by atoms with E-state index in [1.807, 2.05) is 24.3 Å². The molecular formula is C14H16N4O3S. The van der Waals surface area contributed by atoms with Crippen molar-refractivity contribution in [3.8, 4) is 11.5 Å². The van der Waals surface area contributed by atoms with Crippen LogP contribution in [0.15, 0.2) is 29.4 Å². The van der Waals surface area contributed by atoms with Crippen LogP contribution in [0, 0.1) is 0 Å². The fourth-order valence-corrected chi connectivity index (χ4v) is 3.09. The monoisotopic (exact) mass is 320 g/mol. The Labute approximate surface area is 132 Å². The van der Waals surface area contributed by atoms with Gasteiger partial charge in [-0.3, -0.25) is 4.79 Å². The molecule has 0 fully saturated rings. The zero-order valence-electron chi connectivity index (χ0n) is 12.4. The molecule has 1 aromatic carbocycles. The number of fused-ring (bicyclic) bond motifs is 1. The van der Waals surface area contributed by atoms with Gasteiger partial charge in [0.25, 0.3) is 0 Å². The van der Waals surface area contributed by atoms with E-state index >= 15 is 0 Å². The zero-order chi connectivity index (χ0) is 15.5. The van der Waals surface area contributed by atoms with Gasteiger partial charge in [-0.1, -0.05) is 23.9 Å². The van der Waals surface area contributed by atoms with Gasteiger partial charge in [-0.25, -0.2) is 9.69 Å². The van der Waals surface area contributed by atoms with E-state index < -0.39 is 0 Å². The number of hydrogen-bond donors (Lipinski definition) is 0. The van der Waals surface area contributed by atoms with Gasteiger partial charge >= 0.3 is 0 Å². The minimum absolute atomic E-state index is 0.0418. The Morgan fingerprint density at radius 2 is 2.09 bits per heavy atom. The summed E-state index contributed by atoms with van der Waals surface area (Å²) in [5.74, 6) is 2.63. The van der Waals surface area contributed by atoms with Crippen molar-refractivity contribution in [1.82, 2.24) is 14.9 Å². The van der Waals surface area contributed by atoms with Gasteiger partial charge in [0.2, 0.25) is 11.1 Å². The number of nitrogens with zero attached hydrogens (tertiary/aromatic N) is 4. The number of carbonyl (C=O) groups excluding carboxylic acids is 1. The summed E-state index contributed by atoms with van der Waals surface area (Å²) < 4.78 is 12.7. The number of para-hydroxylation sites is 2. The largest absolute Gasteiger partial charge is 0.493 e. The molecule has 2 heterocycles. The van der Waals surface area contributed by atoms with E-state index in [2.05, 4.69) is 10.2 Å². The number of methoxy groups -OCH3 is 1. The summed E-state index contributed by atoms with van der Waals surface area (Å²) in [6, 6.07) is 7.39. The average molecular weight is 320 g/mol. The Hall–Kier alpha value is -2.22. The van der Waals surface area contributed by atoms with Crippen LogP contribution >= 0.6 is 11.8 Å². The maximum absolute atomic E-state index is 11.8. The third-order valence-corrected chi connectivity index (χ3v) is 4.14. The van der Waals surface area contributed by atoms with Crippen LogP contribution < -0.4 is 14.5 Å². The van der Waals surface area contributed by atoms with Crippen molar-refractivity contribution in [3.05, 3.63) is 30.1 Å². The molecule has 22 heavy (non-hydrogen) atoms. The Kier molecular flexibility index (Phi) is 4.19. The number of benzene rings is 1. The van der Waals surface area contributed by atoms with Gasteiger partial charge in [0.15, 0.2) is 17.3 Å². The summed E-state index contributed by atoms with van der Waals surface area (Å²) in [6.07, 6.45) is 0. The van der Waals surface area contributed by atoms with Gasteiger partial charge in [-0.15, -0.1) is 10.2 Å². The molecule has 3 rings (SSSR count). The number of hydrogen-bond acceptors (Lipinski definition) is 6. The van der Waals surface area contributed by atoms with Gasteiger partial charge in [0.05, 0.1) is 13.7 Å². The highest BCUT2D eigenvalue weighted by Crippen LogP contribution is 2.27. The minimum Gasteiger partial charge on any atom is -0.493 e. The number of thioether (sulfide) groups is 1. The average Bonchev–Trinajstić information content (AvgIpc) is 2.96.